The molecule has 0 unspecified atom stereocenters. The second-order valence-corrected chi connectivity index (χ2v) is 8.23. The highest BCUT2D eigenvalue weighted by molar-refractivity contribution is 5.87. The molecule has 4 aromatic rings. The number of nitrogens with one attached hydrogen (secondary N) is 2. The molecule has 2 aromatic heterocycles. The third-order valence-electron chi connectivity index (χ3n) is 5.75. The first kappa shape index (κ1) is 21.1. The van der Waals surface area contributed by atoms with E-state index in [0.717, 1.165) is 42.7 Å². The quantitative estimate of drug-likeness (QED) is 0.385. The van der Waals surface area contributed by atoms with Gasteiger partial charge in [0.2, 0.25) is 5.95 Å². The van der Waals surface area contributed by atoms with Gasteiger partial charge in [0.1, 0.15) is 29.7 Å². The Kier molecular flexibility index (Phi) is 6.25. The minimum absolute atomic E-state index is 0.197. The average Bonchev–Trinajstić information content (AvgIpc) is 2.85. The van der Waals surface area contributed by atoms with E-state index in [1.54, 1.807) is 6.20 Å². The molecule has 168 valence electrons. The molecule has 0 amide bonds. The standard InChI is InChI=1S/C25H26N6O2/c32-20-11-9-18(10-12-20)30-25-26-14-22-23(31-25)24(28-16-27-22)29-19-7-4-8-21(13-19)33-15-17-5-2-1-3-6-17/h1-8,13-14,16,18,20,32H,9-12,15H2,(H,26,30,31)(H,27,28,29)/t18-,20-. The topological polar surface area (TPSA) is 105 Å². The van der Waals surface area contributed by atoms with Crippen molar-refractivity contribution in [1.29, 1.82) is 0 Å². The monoisotopic (exact) mass is 442 g/mol. The van der Waals surface area contributed by atoms with Gasteiger partial charge in [-0.2, -0.15) is 0 Å². The van der Waals surface area contributed by atoms with Gasteiger partial charge in [0.15, 0.2) is 5.82 Å². The average molecular weight is 443 g/mol. The molecule has 3 N–H and O–H groups in total. The number of benzene rings is 2. The van der Waals surface area contributed by atoms with Crippen LogP contribution in [0.5, 0.6) is 5.75 Å². The van der Waals surface area contributed by atoms with Crippen LogP contribution < -0.4 is 15.4 Å². The predicted molar refractivity (Wildman–Crippen MR) is 128 cm³/mol. The Labute approximate surface area is 192 Å². The minimum Gasteiger partial charge on any atom is -0.489 e. The molecule has 1 fully saturated rings. The van der Waals surface area contributed by atoms with Gasteiger partial charge in [-0.05, 0) is 43.4 Å². The molecule has 0 bridgehead atoms. The summed E-state index contributed by atoms with van der Waals surface area (Å²) in [7, 11) is 0. The second-order valence-electron chi connectivity index (χ2n) is 8.23. The summed E-state index contributed by atoms with van der Waals surface area (Å²) in [5.41, 5.74) is 3.26. The highest BCUT2D eigenvalue weighted by Gasteiger charge is 2.20. The van der Waals surface area contributed by atoms with Crippen LogP contribution in [0.3, 0.4) is 0 Å². The smallest absolute Gasteiger partial charge is 0.223 e. The molecule has 2 aromatic carbocycles. The van der Waals surface area contributed by atoms with Gasteiger partial charge >= 0.3 is 0 Å². The van der Waals surface area contributed by atoms with Crippen LogP contribution in [0.25, 0.3) is 11.0 Å². The number of nitrogens with zero attached hydrogens (tertiary/aromatic N) is 4. The van der Waals surface area contributed by atoms with Gasteiger partial charge in [-0.25, -0.2) is 19.9 Å². The number of hydrogen-bond acceptors (Lipinski definition) is 8. The summed E-state index contributed by atoms with van der Waals surface area (Å²) in [5.74, 6) is 1.91. The molecule has 33 heavy (non-hydrogen) atoms. The molecule has 0 atom stereocenters. The molecule has 5 rings (SSSR count). The first-order chi connectivity index (χ1) is 16.2. The number of hydrogen-bond donors (Lipinski definition) is 3. The van der Waals surface area contributed by atoms with Crippen molar-refractivity contribution in [3.8, 4) is 5.75 Å². The number of fused-ring (bicyclic) bond motifs is 1. The first-order valence-corrected chi connectivity index (χ1v) is 11.2. The zero-order chi connectivity index (χ0) is 22.5. The van der Waals surface area contributed by atoms with Crippen molar-refractivity contribution in [2.45, 2.75) is 44.4 Å². The zero-order valence-electron chi connectivity index (χ0n) is 18.2. The van der Waals surface area contributed by atoms with E-state index in [2.05, 4.69) is 30.6 Å². The van der Waals surface area contributed by atoms with Gasteiger partial charge in [0.05, 0.1) is 12.3 Å². The fraction of sp³-hybridized carbons (Fsp3) is 0.280. The number of aliphatic hydroxyl groups excluding tert-OH is 1. The molecule has 1 saturated carbocycles. The van der Waals surface area contributed by atoms with Gasteiger partial charge in [0, 0.05) is 17.8 Å². The molecule has 0 aliphatic heterocycles. The predicted octanol–water partition coefficient (Wildman–Crippen LogP) is 4.46. The van der Waals surface area contributed by atoms with Crippen LogP contribution in [0.15, 0.2) is 67.1 Å². The van der Waals surface area contributed by atoms with Crippen LogP contribution in [-0.4, -0.2) is 37.2 Å². The van der Waals surface area contributed by atoms with E-state index in [-0.39, 0.29) is 12.1 Å². The van der Waals surface area contributed by atoms with Crippen LogP contribution in [0.2, 0.25) is 0 Å². The molecular formula is C25H26N6O2. The Bertz CT molecular complexity index is 1210. The normalized spacial score (nSPS) is 18.1. The summed E-state index contributed by atoms with van der Waals surface area (Å²) in [6, 6.07) is 18.1. The Morgan fingerprint density at radius 3 is 2.64 bits per heavy atom. The highest BCUT2D eigenvalue weighted by atomic mass is 16.5. The zero-order valence-corrected chi connectivity index (χ0v) is 18.2. The number of rotatable bonds is 7. The number of ether oxygens (including phenoxy) is 1. The fourth-order valence-electron chi connectivity index (χ4n) is 3.96. The van der Waals surface area contributed by atoms with Crippen molar-refractivity contribution in [3.63, 3.8) is 0 Å². The lowest BCUT2D eigenvalue weighted by atomic mass is 9.93. The van der Waals surface area contributed by atoms with E-state index in [1.807, 2.05) is 54.6 Å². The number of aromatic nitrogens is 4. The van der Waals surface area contributed by atoms with Crippen LogP contribution in [0.1, 0.15) is 31.2 Å². The Balaban J connectivity index is 1.32. The van der Waals surface area contributed by atoms with Gasteiger partial charge in [-0.3, -0.25) is 0 Å². The lowest BCUT2D eigenvalue weighted by Crippen LogP contribution is -2.28. The largest absolute Gasteiger partial charge is 0.489 e. The van der Waals surface area contributed by atoms with Crippen LogP contribution >= 0.6 is 0 Å². The van der Waals surface area contributed by atoms with E-state index in [0.29, 0.717) is 29.4 Å². The van der Waals surface area contributed by atoms with Crippen molar-refractivity contribution in [1.82, 2.24) is 19.9 Å². The van der Waals surface area contributed by atoms with Gasteiger partial charge in [-0.1, -0.05) is 36.4 Å². The molecular weight excluding hydrogens is 416 g/mol. The maximum absolute atomic E-state index is 9.73. The lowest BCUT2D eigenvalue weighted by molar-refractivity contribution is 0.126. The van der Waals surface area contributed by atoms with Gasteiger partial charge < -0.3 is 20.5 Å². The number of aliphatic hydroxyl groups is 1. The fourth-order valence-corrected chi connectivity index (χ4v) is 3.96. The molecule has 0 saturated heterocycles. The van der Waals surface area contributed by atoms with E-state index in [1.165, 1.54) is 6.33 Å². The molecule has 2 heterocycles. The van der Waals surface area contributed by atoms with Crippen LogP contribution in [-0.2, 0) is 6.61 Å². The Morgan fingerprint density at radius 2 is 1.79 bits per heavy atom. The molecule has 1 aliphatic carbocycles. The maximum Gasteiger partial charge on any atom is 0.223 e. The third kappa shape index (κ3) is 5.35. The van der Waals surface area contributed by atoms with Crippen molar-refractivity contribution in [2.75, 3.05) is 10.6 Å². The van der Waals surface area contributed by atoms with E-state index in [4.69, 9.17) is 4.74 Å². The minimum atomic E-state index is -0.197. The third-order valence-corrected chi connectivity index (χ3v) is 5.75. The Hall–Kier alpha value is -3.78. The molecule has 1 aliphatic rings. The lowest BCUT2D eigenvalue weighted by Gasteiger charge is -2.26. The van der Waals surface area contributed by atoms with Gasteiger partial charge in [0.25, 0.3) is 0 Å². The molecule has 8 heteroatoms. The van der Waals surface area contributed by atoms with Crippen LogP contribution in [0.4, 0.5) is 17.5 Å². The summed E-state index contributed by atoms with van der Waals surface area (Å²) in [5, 5.41) is 16.5. The number of anilines is 3. The SMILES string of the molecule is O[C@H]1CC[C@H](Nc2ncc3ncnc(Nc4cccc(OCc5ccccc5)c4)c3n2)CC1. The summed E-state index contributed by atoms with van der Waals surface area (Å²) < 4.78 is 5.94. The summed E-state index contributed by atoms with van der Waals surface area (Å²) >= 11 is 0. The van der Waals surface area contributed by atoms with Gasteiger partial charge in [-0.15, -0.1) is 0 Å². The van der Waals surface area contributed by atoms with Crippen molar-refractivity contribution >= 4 is 28.5 Å². The summed E-state index contributed by atoms with van der Waals surface area (Å²) in [6.07, 6.45) is 6.39. The summed E-state index contributed by atoms with van der Waals surface area (Å²) in [4.78, 5) is 17.8. The van der Waals surface area contributed by atoms with Crippen LogP contribution in [0, 0.1) is 0 Å². The molecule has 0 radical (unpaired) electrons. The second kappa shape index (κ2) is 9.79. The summed E-state index contributed by atoms with van der Waals surface area (Å²) in [6.45, 7) is 0.501. The van der Waals surface area contributed by atoms with Crippen molar-refractivity contribution in [2.24, 2.45) is 0 Å². The van der Waals surface area contributed by atoms with E-state index in [9.17, 15) is 5.11 Å². The van der Waals surface area contributed by atoms with Crippen molar-refractivity contribution in [3.05, 3.63) is 72.7 Å². The van der Waals surface area contributed by atoms with E-state index < -0.39 is 0 Å². The first-order valence-electron chi connectivity index (χ1n) is 11.2. The van der Waals surface area contributed by atoms with E-state index >= 15 is 0 Å². The Morgan fingerprint density at radius 1 is 0.939 bits per heavy atom. The van der Waals surface area contributed by atoms with Crippen molar-refractivity contribution < 1.29 is 9.84 Å². The maximum atomic E-state index is 9.73. The highest BCUT2D eigenvalue weighted by Crippen LogP contribution is 2.26. The molecule has 0 spiro atoms. The molecule has 8 nitrogen and oxygen atoms in total.